The number of fused-ring (bicyclic) bond motifs is 1. The van der Waals surface area contributed by atoms with E-state index in [4.69, 9.17) is 28.4 Å². The monoisotopic (exact) mass is 594 g/mol. The molecule has 0 radical (unpaired) electrons. The van der Waals surface area contributed by atoms with E-state index < -0.39 is 85.1 Å². The Morgan fingerprint density at radius 2 is 1.76 bits per heavy atom. The average molecular weight is 595 g/mol. The maximum absolute atomic E-state index is 12.9. The summed E-state index contributed by atoms with van der Waals surface area (Å²) in [5, 5.41) is 49.8. The van der Waals surface area contributed by atoms with Gasteiger partial charge in [0.2, 0.25) is 6.29 Å². The normalized spacial score (nSPS) is 36.0. The summed E-state index contributed by atoms with van der Waals surface area (Å²) in [6.07, 6.45) is -6.89. The predicted molar refractivity (Wildman–Crippen MR) is 139 cm³/mol. The van der Waals surface area contributed by atoms with Crippen molar-refractivity contribution in [2.45, 2.75) is 69.0 Å². The lowest BCUT2D eigenvalue weighted by Gasteiger charge is -2.44. The largest absolute Gasteiger partial charge is 0.508 e. The van der Waals surface area contributed by atoms with Crippen molar-refractivity contribution < 1.29 is 68.3 Å². The third-order valence-electron chi connectivity index (χ3n) is 7.57. The number of carbonyl (C=O) groups excluding carboxylic acids is 3. The third-order valence-corrected chi connectivity index (χ3v) is 7.57. The number of ether oxygens (including phenoxy) is 6. The highest BCUT2D eigenvalue weighted by molar-refractivity contribution is 5.90. The van der Waals surface area contributed by atoms with Crippen LogP contribution in [0.3, 0.4) is 0 Å². The van der Waals surface area contributed by atoms with Crippen LogP contribution in [0.1, 0.15) is 25.8 Å². The number of benzene rings is 1. The van der Waals surface area contributed by atoms with Gasteiger partial charge in [0.25, 0.3) is 0 Å². The number of hydrogen-bond donors (Lipinski definition) is 5. The molecule has 0 spiro atoms. The van der Waals surface area contributed by atoms with Crippen LogP contribution < -0.4 is 0 Å². The molecule has 1 aliphatic carbocycles. The summed E-state index contributed by atoms with van der Waals surface area (Å²) in [7, 11) is 1.15. The van der Waals surface area contributed by atoms with Crippen LogP contribution in [0, 0.1) is 11.8 Å². The molecule has 5 N–H and O–H groups in total. The van der Waals surface area contributed by atoms with Gasteiger partial charge in [-0.2, -0.15) is 0 Å². The van der Waals surface area contributed by atoms with E-state index in [0.717, 1.165) is 19.4 Å². The lowest BCUT2D eigenvalue weighted by molar-refractivity contribution is -0.346. The zero-order valence-electron chi connectivity index (χ0n) is 23.1. The zero-order chi connectivity index (χ0) is 30.8. The second kappa shape index (κ2) is 12.8. The Kier molecular flexibility index (Phi) is 9.55. The van der Waals surface area contributed by atoms with E-state index in [0.29, 0.717) is 5.56 Å². The van der Waals surface area contributed by atoms with Crippen molar-refractivity contribution in [3.63, 3.8) is 0 Å². The van der Waals surface area contributed by atoms with Crippen LogP contribution in [0.5, 0.6) is 5.75 Å². The van der Waals surface area contributed by atoms with Crippen molar-refractivity contribution in [2.75, 3.05) is 13.7 Å². The molecular formula is C28H34O14. The van der Waals surface area contributed by atoms with Gasteiger partial charge < -0.3 is 54.0 Å². The highest BCUT2D eigenvalue weighted by Gasteiger charge is 2.63. The molecule has 2 heterocycles. The summed E-state index contributed by atoms with van der Waals surface area (Å²) in [6.45, 7) is 2.02. The molecule has 14 nitrogen and oxygen atoms in total. The Bertz CT molecular complexity index is 1210. The van der Waals surface area contributed by atoms with Crippen LogP contribution in [-0.2, 0) is 42.8 Å². The Morgan fingerprint density at radius 3 is 2.38 bits per heavy atom. The quantitative estimate of drug-likeness (QED) is 0.146. The van der Waals surface area contributed by atoms with Crippen molar-refractivity contribution in [1.29, 1.82) is 0 Å². The minimum Gasteiger partial charge on any atom is -0.508 e. The van der Waals surface area contributed by atoms with Gasteiger partial charge in [-0.05, 0) is 30.7 Å². The van der Waals surface area contributed by atoms with Crippen molar-refractivity contribution in [3.8, 4) is 5.75 Å². The van der Waals surface area contributed by atoms with Crippen LogP contribution >= 0.6 is 0 Å². The molecule has 1 aromatic carbocycles. The van der Waals surface area contributed by atoms with Crippen LogP contribution in [0.4, 0.5) is 0 Å². The molecule has 0 unspecified atom stereocenters. The first kappa shape index (κ1) is 31.4. The molecule has 42 heavy (non-hydrogen) atoms. The molecule has 0 aromatic heterocycles. The topological polar surface area (TPSA) is 208 Å². The fourth-order valence-electron chi connectivity index (χ4n) is 5.65. The van der Waals surface area contributed by atoms with Crippen molar-refractivity contribution in [1.82, 2.24) is 0 Å². The Balaban J connectivity index is 1.65. The summed E-state index contributed by atoms with van der Waals surface area (Å²) >= 11 is 0. The standard InChI is InChI=1S/C28H34O14/c1-13(30)42-28(2)10-17(39-19(32)9-6-14-4-7-15(31)8-5-14)20-16(25(36)37-3)12-38-26(21(20)28)41-27-24(35)23(34)22(33)18(11-29)40-27/h4-9,12,17-18,20-24,26-27,29,31,33-35H,10-11H2,1-3H3/b9-6-/t17-,18-,20+,21-,22-,23+,24-,26+,27+,28+/m1/s1. The van der Waals surface area contributed by atoms with Gasteiger partial charge in [0.05, 0.1) is 31.5 Å². The van der Waals surface area contributed by atoms with E-state index in [1.165, 1.54) is 25.1 Å². The number of aliphatic hydroxyl groups excluding tert-OH is 4. The van der Waals surface area contributed by atoms with Gasteiger partial charge in [0.1, 0.15) is 41.9 Å². The zero-order valence-corrected chi connectivity index (χ0v) is 23.1. The number of aliphatic hydroxyl groups is 4. The van der Waals surface area contributed by atoms with E-state index in [1.54, 1.807) is 19.1 Å². The van der Waals surface area contributed by atoms with Crippen molar-refractivity contribution in [3.05, 3.63) is 47.7 Å². The summed E-state index contributed by atoms with van der Waals surface area (Å²) < 4.78 is 33.4. The van der Waals surface area contributed by atoms with Crippen LogP contribution in [0.2, 0.25) is 0 Å². The summed E-state index contributed by atoms with van der Waals surface area (Å²) in [5.74, 6) is -4.23. The van der Waals surface area contributed by atoms with E-state index in [1.807, 2.05) is 0 Å². The van der Waals surface area contributed by atoms with E-state index in [9.17, 15) is 39.9 Å². The third kappa shape index (κ3) is 6.43. The maximum Gasteiger partial charge on any atom is 0.337 e. The second-order valence-corrected chi connectivity index (χ2v) is 10.5. The molecule has 230 valence electrons. The minimum absolute atomic E-state index is 0.0349. The molecule has 3 aliphatic rings. The second-order valence-electron chi connectivity index (χ2n) is 10.5. The fraction of sp³-hybridized carbons (Fsp3) is 0.536. The van der Waals surface area contributed by atoms with Crippen molar-refractivity contribution in [2.24, 2.45) is 11.8 Å². The van der Waals surface area contributed by atoms with E-state index >= 15 is 0 Å². The highest BCUT2D eigenvalue weighted by Crippen LogP contribution is 2.52. The predicted octanol–water partition coefficient (Wildman–Crippen LogP) is -0.495. The molecule has 10 atom stereocenters. The molecule has 0 amide bonds. The Hall–Kier alpha value is -3.53. The number of esters is 3. The van der Waals surface area contributed by atoms with Gasteiger partial charge >= 0.3 is 17.9 Å². The van der Waals surface area contributed by atoms with E-state index in [2.05, 4.69) is 0 Å². The van der Waals surface area contributed by atoms with Crippen LogP contribution in [0.25, 0.3) is 6.08 Å². The summed E-state index contributed by atoms with van der Waals surface area (Å²) in [4.78, 5) is 37.8. The Morgan fingerprint density at radius 1 is 1.07 bits per heavy atom. The molecule has 1 saturated heterocycles. The average Bonchev–Trinajstić information content (AvgIpc) is 3.23. The molecular weight excluding hydrogens is 560 g/mol. The first-order valence-corrected chi connectivity index (χ1v) is 13.2. The van der Waals surface area contributed by atoms with Gasteiger partial charge in [0.15, 0.2) is 6.29 Å². The summed E-state index contributed by atoms with van der Waals surface area (Å²) in [6, 6.07) is 6.06. The van der Waals surface area contributed by atoms with Gasteiger partial charge in [-0.3, -0.25) is 4.79 Å². The highest BCUT2D eigenvalue weighted by atomic mass is 16.8. The maximum atomic E-state index is 12.9. The SMILES string of the molecule is COC(=O)C1=CO[C@@H](O[C@@H]2O[C@H](CO)[C@@H](O)[C@H](O)[C@H]2O)[C@H]2[C@@H]1[C@H](OC(=O)/C=C\c1ccc(O)cc1)C[C@]2(C)OC(C)=O. The van der Waals surface area contributed by atoms with Gasteiger partial charge in [-0.15, -0.1) is 0 Å². The number of hydrogen-bond acceptors (Lipinski definition) is 14. The Labute approximate surface area is 240 Å². The number of methoxy groups -OCH3 is 1. The number of phenolic OH excluding ortho intramolecular Hbond substituents is 1. The first-order chi connectivity index (χ1) is 19.9. The van der Waals surface area contributed by atoms with E-state index in [-0.39, 0.29) is 17.7 Å². The lowest BCUT2D eigenvalue weighted by atomic mass is 9.80. The number of aromatic hydroxyl groups is 1. The molecule has 2 fully saturated rings. The number of phenols is 1. The molecule has 0 bridgehead atoms. The molecule has 2 aliphatic heterocycles. The molecule has 1 saturated carbocycles. The molecule has 1 aromatic rings. The number of carbonyl (C=O) groups is 3. The first-order valence-electron chi connectivity index (χ1n) is 13.2. The molecule has 4 rings (SSSR count). The van der Waals surface area contributed by atoms with Crippen molar-refractivity contribution >= 4 is 24.0 Å². The van der Waals surface area contributed by atoms with Gasteiger partial charge in [0, 0.05) is 25.3 Å². The van der Waals surface area contributed by atoms with Crippen LogP contribution in [0.15, 0.2) is 42.2 Å². The smallest absolute Gasteiger partial charge is 0.337 e. The minimum atomic E-state index is -1.77. The van der Waals surface area contributed by atoms with Gasteiger partial charge in [-0.1, -0.05) is 12.1 Å². The lowest BCUT2D eigenvalue weighted by Crippen LogP contribution is -2.61. The fourth-order valence-corrected chi connectivity index (χ4v) is 5.65. The summed E-state index contributed by atoms with van der Waals surface area (Å²) in [5.41, 5.74) is -0.880. The van der Waals surface area contributed by atoms with Gasteiger partial charge in [-0.25, -0.2) is 9.59 Å². The number of rotatable bonds is 8. The molecule has 14 heteroatoms. The van der Waals surface area contributed by atoms with Crippen LogP contribution in [-0.4, -0.2) is 106 Å².